The number of hydrogen-bond acceptors (Lipinski definition) is 6. The van der Waals surface area contributed by atoms with Gasteiger partial charge in [-0.25, -0.2) is 13.4 Å². The molecule has 0 radical (unpaired) electrons. The van der Waals surface area contributed by atoms with Crippen LogP contribution in [-0.4, -0.2) is 41.1 Å². The number of amides is 1. The molecule has 0 fully saturated rings. The molecular formula is C12H14ClN5O3S. The molecule has 0 saturated heterocycles. The molecule has 0 aliphatic rings. The van der Waals surface area contributed by atoms with Gasteiger partial charge in [-0.3, -0.25) is 9.48 Å². The maximum Gasteiger partial charge on any atom is 0.257 e. The van der Waals surface area contributed by atoms with Crippen LogP contribution in [0.25, 0.3) is 0 Å². The Morgan fingerprint density at radius 2 is 2.18 bits per heavy atom. The summed E-state index contributed by atoms with van der Waals surface area (Å²) in [6.45, 7) is 0.212. The largest absolute Gasteiger partial charge is 0.382 e. The second-order valence-corrected chi connectivity index (χ2v) is 7.33. The monoisotopic (exact) mass is 343 g/mol. The predicted molar refractivity (Wildman–Crippen MR) is 83.6 cm³/mol. The van der Waals surface area contributed by atoms with Gasteiger partial charge in [0.25, 0.3) is 5.91 Å². The van der Waals surface area contributed by atoms with E-state index in [-0.39, 0.29) is 28.7 Å². The highest BCUT2D eigenvalue weighted by atomic mass is 35.5. The Morgan fingerprint density at radius 3 is 2.82 bits per heavy atom. The summed E-state index contributed by atoms with van der Waals surface area (Å²) in [5.41, 5.74) is 6.17. The number of carbonyl (C=O) groups excluding carboxylic acids is 1. The fourth-order valence-corrected chi connectivity index (χ4v) is 2.27. The van der Waals surface area contributed by atoms with Crippen LogP contribution in [0.1, 0.15) is 10.4 Å². The summed E-state index contributed by atoms with van der Waals surface area (Å²) < 4.78 is 23.6. The zero-order chi connectivity index (χ0) is 16.3. The van der Waals surface area contributed by atoms with Crippen LogP contribution in [0.5, 0.6) is 0 Å². The van der Waals surface area contributed by atoms with Crippen molar-refractivity contribution in [3.05, 3.63) is 35.2 Å². The first-order valence-corrected chi connectivity index (χ1v) is 8.61. The van der Waals surface area contributed by atoms with E-state index in [2.05, 4.69) is 15.4 Å². The molecule has 0 saturated carbocycles. The van der Waals surface area contributed by atoms with Crippen molar-refractivity contribution >= 4 is 38.9 Å². The molecule has 0 aromatic carbocycles. The van der Waals surface area contributed by atoms with Crippen molar-refractivity contribution in [3.63, 3.8) is 0 Å². The summed E-state index contributed by atoms with van der Waals surface area (Å²) in [6, 6.07) is 1.41. The van der Waals surface area contributed by atoms with E-state index in [0.29, 0.717) is 5.69 Å². The Hall–Kier alpha value is -2.13. The van der Waals surface area contributed by atoms with Crippen LogP contribution in [-0.2, 0) is 16.4 Å². The van der Waals surface area contributed by atoms with Gasteiger partial charge in [0, 0.05) is 18.6 Å². The molecule has 0 unspecified atom stereocenters. The lowest BCUT2D eigenvalue weighted by Gasteiger charge is -2.04. The van der Waals surface area contributed by atoms with Crippen molar-refractivity contribution in [2.75, 3.05) is 23.1 Å². The maximum atomic E-state index is 12.0. The number of nitrogens with zero attached hydrogens (tertiary/aromatic N) is 3. The van der Waals surface area contributed by atoms with Gasteiger partial charge in [-0.15, -0.1) is 0 Å². The molecular weight excluding hydrogens is 330 g/mol. The van der Waals surface area contributed by atoms with Crippen molar-refractivity contribution in [2.45, 2.75) is 6.54 Å². The molecule has 0 aliphatic carbocycles. The van der Waals surface area contributed by atoms with E-state index in [4.69, 9.17) is 17.3 Å². The second kappa shape index (κ2) is 6.32. The highest BCUT2D eigenvalue weighted by Gasteiger charge is 2.11. The molecule has 2 aromatic heterocycles. The van der Waals surface area contributed by atoms with Crippen LogP contribution in [0.4, 0.5) is 11.5 Å². The minimum Gasteiger partial charge on any atom is -0.382 e. The van der Waals surface area contributed by atoms with Crippen LogP contribution in [0.2, 0.25) is 5.02 Å². The van der Waals surface area contributed by atoms with E-state index >= 15 is 0 Å². The van der Waals surface area contributed by atoms with E-state index < -0.39 is 15.7 Å². The van der Waals surface area contributed by atoms with E-state index in [1.807, 2.05) is 0 Å². The molecule has 2 aromatic rings. The lowest BCUT2D eigenvalue weighted by atomic mass is 10.2. The third-order valence-corrected chi connectivity index (χ3v) is 3.94. The Labute approximate surface area is 132 Å². The van der Waals surface area contributed by atoms with E-state index in [1.54, 1.807) is 0 Å². The molecule has 3 N–H and O–H groups in total. The SMILES string of the molecule is CS(=O)(=O)CCn1cc(NC(=O)c2cnc(N)c(Cl)c2)cn1. The lowest BCUT2D eigenvalue weighted by Crippen LogP contribution is -2.13. The molecule has 22 heavy (non-hydrogen) atoms. The highest BCUT2D eigenvalue weighted by Crippen LogP contribution is 2.17. The summed E-state index contributed by atoms with van der Waals surface area (Å²) in [5, 5.41) is 6.78. The average Bonchev–Trinajstić information content (AvgIpc) is 2.86. The number of rotatable bonds is 5. The summed E-state index contributed by atoms with van der Waals surface area (Å²) >= 11 is 5.81. The van der Waals surface area contributed by atoms with Gasteiger partial charge in [-0.1, -0.05) is 11.6 Å². The van der Waals surface area contributed by atoms with Gasteiger partial charge < -0.3 is 11.1 Å². The molecule has 1 amide bonds. The maximum absolute atomic E-state index is 12.0. The van der Waals surface area contributed by atoms with Crippen molar-refractivity contribution < 1.29 is 13.2 Å². The first kappa shape index (κ1) is 16.2. The van der Waals surface area contributed by atoms with Gasteiger partial charge >= 0.3 is 0 Å². The van der Waals surface area contributed by atoms with Crippen LogP contribution < -0.4 is 11.1 Å². The van der Waals surface area contributed by atoms with E-state index in [1.165, 1.54) is 29.3 Å². The van der Waals surface area contributed by atoms with Gasteiger partial charge in [-0.05, 0) is 6.07 Å². The zero-order valence-electron chi connectivity index (χ0n) is 11.7. The fourth-order valence-electron chi connectivity index (χ4n) is 1.59. The summed E-state index contributed by atoms with van der Waals surface area (Å²) in [6.07, 6.45) is 5.42. The van der Waals surface area contributed by atoms with Crippen LogP contribution in [0.3, 0.4) is 0 Å². The first-order chi connectivity index (χ1) is 10.2. The van der Waals surface area contributed by atoms with Crippen molar-refractivity contribution in [3.8, 4) is 0 Å². The number of carbonyl (C=O) groups is 1. The number of halogens is 1. The molecule has 0 bridgehead atoms. The Balaban J connectivity index is 2.03. The second-order valence-electron chi connectivity index (χ2n) is 4.67. The van der Waals surface area contributed by atoms with Gasteiger partial charge in [-0.2, -0.15) is 5.10 Å². The molecule has 0 atom stereocenters. The van der Waals surface area contributed by atoms with Crippen LogP contribution in [0.15, 0.2) is 24.7 Å². The van der Waals surface area contributed by atoms with Gasteiger partial charge in [0.2, 0.25) is 0 Å². The molecule has 2 heterocycles. The molecule has 10 heteroatoms. The molecule has 2 rings (SSSR count). The molecule has 0 aliphatic heterocycles. The van der Waals surface area contributed by atoms with Crippen LogP contribution >= 0.6 is 11.6 Å². The molecule has 118 valence electrons. The molecule has 8 nitrogen and oxygen atoms in total. The van der Waals surface area contributed by atoms with Gasteiger partial charge in [0.05, 0.1) is 34.8 Å². The smallest absolute Gasteiger partial charge is 0.257 e. The topological polar surface area (TPSA) is 120 Å². The number of anilines is 2. The Kier molecular flexibility index (Phi) is 4.67. The van der Waals surface area contributed by atoms with E-state index in [9.17, 15) is 13.2 Å². The van der Waals surface area contributed by atoms with Crippen molar-refractivity contribution in [2.24, 2.45) is 0 Å². The molecule has 0 spiro atoms. The summed E-state index contributed by atoms with van der Waals surface area (Å²) in [7, 11) is -3.07. The number of hydrogen-bond donors (Lipinski definition) is 2. The van der Waals surface area contributed by atoms with Crippen molar-refractivity contribution in [1.29, 1.82) is 0 Å². The minimum absolute atomic E-state index is 0.0282. The number of nitrogens with one attached hydrogen (secondary N) is 1. The normalized spacial score (nSPS) is 11.4. The number of aryl methyl sites for hydroxylation is 1. The number of nitrogens with two attached hydrogens (primary N) is 1. The highest BCUT2D eigenvalue weighted by molar-refractivity contribution is 7.90. The fraction of sp³-hybridized carbons (Fsp3) is 0.250. The number of aromatic nitrogens is 3. The van der Waals surface area contributed by atoms with Gasteiger partial charge in [0.15, 0.2) is 0 Å². The lowest BCUT2D eigenvalue weighted by molar-refractivity contribution is 0.102. The predicted octanol–water partition coefficient (Wildman–Crippen LogP) is 0.811. The minimum atomic E-state index is -3.07. The van der Waals surface area contributed by atoms with Crippen molar-refractivity contribution in [1.82, 2.24) is 14.8 Å². The average molecular weight is 344 g/mol. The Bertz CT molecular complexity index is 803. The quantitative estimate of drug-likeness (QED) is 0.828. The first-order valence-electron chi connectivity index (χ1n) is 6.17. The third-order valence-electron chi connectivity index (χ3n) is 2.71. The van der Waals surface area contributed by atoms with Crippen LogP contribution in [0, 0.1) is 0 Å². The summed E-state index contributed by atoms with van der Waals surface area (Å²) in [4.78, 5) is 15.8. The number of sulfone groups is 1. The van der Waals surface area contributed by atoms with Gasteiger partial charge in [0.1, 0.15) is 15.7 Å². The standard InChI is InChI=1S/C12H14ClN5O3S/c1-22(20,21)3-2-18-7-9(6-16-18)17-12(19)8-4-10(13)11(14)15-5-8/h4-7H,2-3H2,1H3,(H2,14,15)(H,17,19). The zero-order valence-corrected chi connectivity index (χ0v) is 13.2. The number of nitrogen functional groups attached to an aromatic ring is 1. The third kappa shape index (κ3) is 4.43. The number of pyridine rings is 1. The Morgan fingerprint density at radius 1 is 1.45 bits per heavy atom. The summed E-state index contributed by atoms with van der Waals surface area (Å²) in [5.74, 6) is -0.302. The van der Waals surface area contributed by atoms with E-state index in [0.717, 1.165) is 6.26 Å².